The van der Waals surface area contributed by atoms with Crippen molar-refractivity contribution in [2.75, 3.05) is 26.2 Å². The quantitative estimate of drug-likeness (QED) is 0.578. The number of hydrogen-bond donors (Lipinski definition) is 2. The Morgan fingerprint density at radius 2 is 1.75 bits per heavy atom. The highest BCUT2D eigenvalue weighted by molar-refractivity contribution is 5.80. The maximum Gasteiger partial charge on any atom is 0.325 e. The molecule has 0 radical (unpaired) electrons. The summed E-state index contributed by atoms with van der Waals surface area (Å²) >= 11 is 0. The van der Waals surface area contributed by atoms with Crippen molar-refractivity contribution in [3.05, 3.63) is 0 Å². The van der Waals surface area contributed by atoms with Crippen molar-refractivity contribution in [2.45, 2.75) is 64.8 Å². The fourth-order valence-electron chi connectivity index (χ4n) is 2.92. The minimum atomic E-state index is -0.726. The van der Waals surface area contributed by atoms with E-state index in [9.17, 15) is 9.90 Å². The van der Waals surface area contributed by atoms with Crippen molar-refractivity contribution >= 4 is 5.97 Å². The van der Waals surface area contributed by atoms with Crippen LogP contribution in [0.15, 0.2) is 0 Å². The number of nitrogens with zero attached hydrogens (tertiary/aromatic N) is 1. The number of carboxylic acids is 1. The lowest BCUT2D eigenvalue weighted by Crippen LogP contribution is -2.61. The molecule has 0 aromatic carbocycles. The van der Waals surface area contributed by atoms with Gasteiger partial charge >= 0.3 is 5.97 Å². The van der Waals surface area contributed by atoms with Gasteiger partial charge in [0.25, 0.3) is 0 Å². The molecule has 0 amide bonds. The molecular weight excluding hydrogens is 252 g/mol. The first kappa shape index (κ1) is 17.4. The van der Waals surface area contributed by atoms with Crippen molar-refractivity contribution in [2.24, 2.45) is 5.92 Å². The topological polar surface area (TPSA) is 52.6 Å². The Morgan fingerprint density at radius 1 is 1.20 bits per heavy atom. The third-order valence-corrected chi connectivity index (χ3v) is 4.28. The van der Waals surface area contributed by atoms with Gasteiger partial charge < -0.3 is 15.3 Å². The third kappa shape index (κ3) is 4.74. The average molecular weight is 284 g/mol. The molecule has 20 heavy (non-hydrogen) atoms. The Morgan fingerprint density at radius 3 is 2.10 bits per heavy atom. The van der Waals surface area contributed by atoms with Gasteiger partial charge in [0.15, 0.2) is 0 Å². The summed E-state index contributed by atoms with van der Waals surface area (Å²) < 4.78 is 0. The van der Waals surface area contributed by atoms with Crippen LogP contribution < -0.4 is 5.32 Å². The molecule has 0 heterocycles. The van der Waals surface area contributed by atoms with Crippen molar-refractivity contribution in [1.82, 2.24) is 10.2 Å². The van der Waals surface area contributed by atoms with Crippen molar-refractivity contribution in [3.8, 4) is 0 Å². The molecule has 0 saturated heterocycles. The second-order valence-electron chi connectivity index (χ2n) is 6.06. The summed E-state index contributed by atoms with van der Waals surface area (Å²) in [6.45, 7) is 9.79. The van der Waals surface area contributed by atoms with Crippen LogP contribution in [0.2, 0.25) is 0 Å². The lowest BCUT2D eigenvalue weighted by molar-refractivity contribution is -0.147. The lowest BCUT2D eigenvalue weighted by atomic mass is 9.92. The maximum atomic E-state index is 11.9. The Bertz CT molecular complexity index is 284. The molecule has 2 N–H and O–H groups in total. The van der Waals surface area contributed by atoms with E-state index in [-0.39, 0.29) is 0 Å². The molecule has 0 spiro atoms. The van der Waals surface area contributed by atoms with E-state index in [1.54, 1.807) is 0 Å². The van der Waals surface area contributed by atoms with Crippen LogP contribution in [0.5, 0.6) is 0 Å². The molecule has 4 nitrogen and oxygen atoms in total. The van der Waals surface area contributed by atoms with Crippen LogP contribution in [0.4, 0.5) is 0 Å². The van der Waals surface area contributed by atoms with Crippen LogP contribution >= 0.6 is 0 Å². The zero-order valence-electron chi connectivity index (χ0n) is 13.5. The fourth-order valence-corrected chi connectivity index (χ4v) is 2.92. The highest BCUT2D eigenvalue weighted by Crippen LogP contribution is 2.40. The summed E-state index contributed by atoms with van der Waals surface area (Å²) in [6.07, 6.45) is 6.72. The van der Waals surface area contributed by atoms with E-state index >= 15 is 0 Å². The first-order chi connectivity index (χ1) is 9.60. The monoisotopic (exact) mass is 284 g/mol. The standard InChI is InChI=1S/C16H32N2O2/c1-4-7-11-18(12-8-5-2)13-16(15(19)20,17-6-3)14-9-10-14/h14,17H,4-13H2,1-3H3,(H,19,20). The van der Waals surface area contributed by atoms with E-state index in [4.69, 9.17) is 0 Å². The van der Waals surface area contributed by atoms with Crippen LogP contribution in [-0.2, 0) is 4.79 Å². The van der Waals surface area contributed by atoms with Gasteiger partial charge in [0.05, 0.1) is 0 Å². The molecule has 1 unspecified atom stereocenters. The van der Waals surface area contributed by atoms with Crippen LogP contribution in [0.1, 0.15) is 59.3 Å². The van der Waals surface area contributed by atoms with Crippen molar-refractivity contribution < 1.29 is 9.90 Å². The second-order valence-corrected chi connectivity index (χ2v) is 6.06. The average Bonchev–Trinajstić information content (AvgIpc) is 3.25. The number of rotatable bonds is 12. The van der Waals surface area contributed by atoms with E-state index < -0.39 is 11.5 Å². The summed E-state index contributed by atoms with van der Waals surface area (Å²) in [5, 5.41) is 13.1. The van der Waals surface area contributed by atoms with Gasteiger partial charge in [0.1, 0.15) is 5.54 Å². The zero-order valence-corrected chi connectivity index (χ0v) is 13.5. The summed E-state index contributed by atoms with van der Waals surface area (Å²) in [5.41, 5.74) is -0.726. The first-order valence-electron chi connectivity index (χ1n) is 8.31. The van der Waals surface area contributed by atoms with Crippen molar-refractivity contribution in [3.63, 3.8) is 0 Å². The predicted octanol–water partition coefficient (Wildman–Crippen LogP) is 2.73. The number of carbonyl (C=O) groups is 1. The molecule has 1 aliphatic carbocycles. The van der Waals surface area contributed by atoms with Gasteiger partial charge in [-0.05, 0) is 51.2 Å². The largest absolute Gasteiger partial charge is 0.480 e. The molecule has 118 valence electrons. The summed E-state index contributed by atoms with van der Waals surface area (Å²) in [4.78, 5) is 14.2. The first-order valence-corrected chi connectivity index (χ1v) is 8.31. The van der Waals surface area contributed by atoms with Gasteiger partial charge in [-0.1, -0.05) is 33.6 Å². The Balaban J connectivity index is 2.74. The zero-order chi connectivity index (χ0) is 15.0. The Labute approximate surface area is 123 Å². The smallest absolute Gasteiger partial charge is 0.325 e. The van der Waals surface area contributed by atoms with Gasteiger partial charge in [-0.15, -0.1) is 0 Å². The maximum absolute atomic E-state index is 11.9. The summed E-state index contributed by atoms with van der Waals surface area (Å²) in [7, 11) is 0. The normalized spacial score (nSPS) is 18.2. The minimum Gasteiger partial charge on any atom is -0.480 e. The molecule has 1 aliphatic rings. The third-order valence-electron chi connectivity index (χ3n) is 4.28. The van der Waals surface area contributed by atoms with Gasteiger partial charge in [0.2, 0.25) is 0 Å². The second kappa shape index (κ2) is 8.63. The Hall–Kier alpha value is -0.610. The predicted molar refractivity (Wildman–Crippen MR) is 83.0 cm³/mol. The van der Waals surface area contributed by atoms with Gasteiger partial charge in [-0.2, -0.15) is 0 Å². The van der Waals surface area contributed by atoms with E-state index in [1.807, 2.05) is 6.92 Å². The number of likely N-dealkylation sites (N-methyl/N-ethyl adjacent to an activating group) is 1. The Kier molecular flexibility index (Phi) is 7.52. The summed E-state index contributed by atoms with van der Waals surface area (Å²) in [6, 6.07) is 0. The van der Waals surface area contributed by atoms with Gasteiger partial charge in [0, 0.05) is 6.54 Å². The molecule has 4 heteroatoms. The number of nitrogens with one attached hydrogen (secondary N) is 1. The van der Waals surface area contributed by atoms with Crippen LogP contribution in [0, 0.1) is 5.92 Å². The molecule has 0 aromatic heterocycles. The highest BCUT2D eigenvalue weighted by atomic mass is 16.4. The van der Waals surface area contributed by atoms with Gasteiger partial charge in [-0.3, -0.25) is 4.79 Å². The molecule has 0 bridgehead atoms. The molecule has 0 aromatic rings. The summed E-state index contributed by atoms with van der Waals surface area (Å²) in [5.74, 6) is -0.356. The van der Waals surface area contributed by atoms with E-state index in [0.29, 0.717) is 12.5 Å². The number of hydrogen-bond acceptors (Lipinski definition) is 3. The van der Waals surface area contributed by atoms with E-state index in [2.05, 4.69) is 24.1 Å². The van der Waals surface area contributed by atoms with Crippen LogP contribution in [0.3, 0.4) is 0 Å². The number of unbranched alkanes of at least 4 members (excludes halogenated alkanes) is 2. The van der Waals surface area contributed by atoms with Crippen molar-refractivity contribution in [1.29, 1.82) is 0 Å². The molecule has 1 rings (SSSR count). The lowest BCUT2D eigenvalue weighted by Gasteiger charge is -2.36. The van der Waals surface area contributed by atoms with Crippen LogP contribution in [-0.4, -0.2) is 47.7 Å². The van der Waals surface area contributed by atoms with E-state index in [1.165, 1.54) is 0 Å². The number of aliphatic carboxylic acids is 1. The van der Waals surface area contributed by atoms with E-state index in [0.717, 1.165) is 58.2 Å². The SMILES string of the molecule is CCCCN(CCCC)CC(NCC)(C(=O)O)C1CC1. The van der Waals surface area contributed by atoms with Gasteiger partial charge in [-0.25, -0.2) is 0 Å². The molecule has 1 atom stereocenters. The van der Waals surface area contributed by atoms with Crippen LogP contribution in [0.25, 0.3) is 0 Å². The minimum absolute atomic E-state index is 0.311. The highest BCUT2D eigenvalue weighted by Gasteiger charge is 2.51. The number of carboxylic acid groups (broad SMARTS) is 1. The molecule has 1 saturated carbocycles. The molecule has 0 aliphatic heterocycles. The molecule has 1 fully saturated rings. The fraction of sp³-hybridized carbons (Fsp3) is 0.938. The molecular formula is C16H32N2O2.